The summed E-state index contributed by atoms with van der Waals surface area (Å²) in [4.78, 5) is 0. The first-order valence-electron chi connectivity index (χ1n) is 3.87. The van der Waals surface area contributed by atoms with Gasteiger partial charge in [0.1, 0.15) is 0 Å². The Morgan fingerprint density at radius 1 is 1.36 bits per heavy atom. The molecular formula is C11H16. The van der Waals surface area contributed by atoms with Crippen LogP contribution in [0.25, 0.3) is 0 Å². The molecule has 0 nitrogen and oxygen atoms in total. The maximum atomic E-state index is 3.71. The Bertz CT molecular complexity index is 192. The first-order chi connectivity index (χ1) is 5.24. The van der Waals surface area contributed by atoms with E-state index in [1.807, 2.05) is 12.2 Å². The smallest absolute Gasteiger partial charge is 0.0263 e. The number of rotatable bonds is 4. The van der Waals surface area contributed by atoms with Crippen molar-refractivity contribution in [2.45, 2.75) is 20.3 Å². The average Bonchev–Trinajstić information content (AvgIpc) is 2.03. The van der Waals surface area contributed by atoms with E-state index in [4.69, 9.17) is 0 Å². The highest BCUT2D eigenvalue weighted by atomic mass is 13.9. The molecule has 0 N–H and O–H groups in total. The minimum absolute atomic E-state index is 1.09. The Morgan fingerprint density at radius 2 is 2.00 bits per heavy atom. The molecule has 0 fully saturated rings. The highest BCUT2D eigenvalue weighted by Crippen LogP contribution is 2.06. The predicted octanol–water partition coefficient (Wildman–Crippen LogP) is 3.64. The van der Waals surface area contributed by atoms with Crippen LogP contribution in [0.3, 0.4) is 0 Å². The fourth-order valence-corrected chi connectivity index (χ4v) is 0.698. The highest BCUT2D eigenvalue weighted by Gasteiger charge is 1.85. The fraction of sp³-hybridized carbons (Fsp3) is 0.273. The standard InChI is InChI=1S/C11H16/c1-5-8-11(7-3)9-10(4)6-2/h5,7-9H,1,3,6H2,2,4H3. The van der Waals surface area contributed by atoms with Gasteiger partial charge in [-0.15, -0.1) is 0 Å². The van der Waals surface area contributed by atoms with Crippen LogP contribution in [0.15, 0.2) is 48.6 Å². The molecule has 0 heteroatoms. The van der Waals surface area contributed by atoms with Crippen molar-refractivity contribution < 1.29 is 0 Å². The maximum Gasteiger partial charge on any atom is -0.0263 e. The van der Waals surface area contributed by atoms with Crippen molar-refractivity contribution in [2.75, 3.05) is 0 Å². The number of allylic oxidation sites excluding steroid dienone is 6. The third kappa shape index (κ3) is 4.38. The zero-order chi connectivity index (χ0) is 8.69. The topological polar surface area (TPSA) is 0 Å². The molecular weight excluding hydrogens is 132 g/mol. The van der Waals surface area contributed by atoms with Gasteiger partial charge in [-0.05, 0) is 18.9 Å². The van der Waals surface area contributed by atoms with E-state index < -0.39 is 0 Å². The van der Waals surface area contributed by atoms with Gasteiger partial charge in [-0.2, -0.15) is 0 Å². The van der Waals surface area contributed by atoms with Crippen LogP contribution in [0, 0.1) is 0 Å². The molecule has 0 unspecified atom stereocenters. The summed E-state index contributed by atoms with van der Waals surface area (Å²) in [5.41, 5.74) is 2.48. The lowest BCUT2D eigenvalue weighted by Crippen LogP contribution is -1.74. The molecule has 0 rings (SSSR count). The van der Waals surface area contributed by atoms with E-state index >= 15 is 0 Å². The van der Waals surface area contributed by atoms with Crippen molar-refractivity contribution in [3.63, 3.8) is 0 Å². The lowest BCUT2D eigenvalue weighted by Gasteiger charge is -1.95. The minimum Gasteiger partial charge on any atom is -0.0990 e. The van der Waals surface area contributed by atoms with Gasteiger partial charge in [0.25, 0.3) is 0 Å². The van der Waals surface area contributed by atoms with Crippen LogP contribution in [0.5, 0.6) is 0 Å². The molecule has 11 heavy (non-hydrogen) atoms. The van der Waals surface area contributed by atoms with Gasteiger partial charge in [0.15, 0.2) is 0 Å². The monoisotopic (exact) mass is 148 g/mol. The van der Waals surface area contributed by atoms with Gasteiger partial charge in [-0.3, -0.25) is 0 Å². The molecule has 0 aromatic heterocycles. The van der Waals surface area contributed by atoms with Gasteiger partial charge in [-0.25, -0.2) is 0 Å². The predicted molar refractivity (Wildman–Crippen MR) is 52.5 cm³/mol. The molecule has 0 aliphatic carbocycles. The van der Waals surface area contributed by atoms with Crippen molar-refractivity contribution in [3.8, 4) is 0 Å². The van der Waals surface area contributed by atoms with Gasteiger partial charge < -0.3 is 0 Å². The van der Waals surface area contributed by atoms with E-state index in [2.05, 4.69) is 33.1 Å². The van der Waals surface area contributed by atoms with E-state index in [1.165, 1.54) is 5.57 Å². The maximum absolute atomic E-state index is 3.71. The van der Waals surface area contributed by atoms with Crippen LogP contribution in [0.2, 0.25) is 0 Å². The summed E-state index contributed by atoms with van der Waals surface area (Å²) in [7, 11) is 0. The molecule has 0 bridgehead atoms. The molecule has 0 aromatic rings. The third-order valence-electron chi connectivity index (χ3n) is 1.52. The number of hydrogen-bond donors (Lipinski definition) is 0. The van der Waals surface area contributed by atoms with E-state index in [1.54, 1.807) is 6.08 Å². The SMILES string of the molecule is C=CC=C(C=C)C=C(C)CC. The van der Waals surface area contributed by atoms with Crippen molar-refractivity contribution in [3.05, 3.63) is 48.6 Å². The van der Waals surface area contributed by atoms with Crippen LogP contribution < -0.4 is 0 Å². The lowest BCUT2D eigenvalue weighted by molar-refractivity contribution is 1.10. The van der Waals surface area contributed by atoms with Crippen molar-refractivity contribution >= 4 is 0 Å². The fourth-order valence-electron chi connectivity index (χ4n) is 0.698. The summed E-state index contributed by atoms with van der Waals surface area (Å²) in [6.45, 7) is 11.6. The van der Waals surface area contributed by atoms with Gasteiger partial charge in [0, 0.05) is 0 Å². The van der Waals surface area contributed by atoms with Crippen LogP contribution in [0.1, 0.15) is 20.3 Å². The summed E-state index contributed by atoms with van der Waals surface area (Å²) >= 11 is 0. The van der Waals surface area contributed by atoms with Crippen molar-refractivity contribution in [2.24, 2.45) is 0 Å². The minimum atomic E-state index is 1.09. The van der Waals surface area contributed by atoms with Crippen LogP contribution in [0.4, 0.5) is 0 Å². The van der Waals surface area contributed by atoms with Gasteiger partial charge in [-0.1, -0.05) is 50.0 Å². The second-order valence-electron chi connectivity index (χ2n) is 2.45. The van der Waals surface area contributed by atoms with Crippen LogP contribution in [-0.2, 0) is 0 Å². The Balaban J connectivity index is 4.41. The zero-order valence-electron chi connectivity index (χ0n) is 7.43. The van der Waals surface area contributed by atoms with E-state index in [9.17, 15) is 0 Å². The first-order valence-corrected chi connectivity index (χ1v) is 3.87. The van der Waals surface area contributed by atoms with Crippen molar-refractivity contribution in [1.82, 2.24) is 0 Å². The molecule has 0 aliphatic rings. The summed E-state index contributed by atoms with van der Waals surface area (Å²) in [5.74, 6) is 0. The van der Waals surface area contributed by atoms with Gasteiger partial charge in [0.2, 0.25) is 0 Å². The Labute approximate surface area is 69.6 Å². The Hall–Kier alpha value is -1.04. The molecule has 0 atom stereocenters. The molecule has 0 aliphatic heterocycles. The molecule has 60 valence electrons. The summed E-state index contributed by atoms with van der Waals surface area (Å²) < 4.78 is 0. The largest absolute Gasteiger partial charge is 0.0990 e. The van der Waals surface area contributed by atoms with Crippen LogP contribution >= 0.6 is 0 Å². The average molecular weight is 148 g/mol. The van der Waals surface area contributed by atoms with Crippen molar-refractivity contribution in [1.29, 1.82) is 0 Å². The third-order valence-corrected chi connectivity index (χ3v) is 1.52. The lowest BCUT2D eigenvalue weighted by atomic mass is 10.1. The number of hydrogen-bond acceptors (Lipinski definition) is 0. The van der Waals surface area contributed by atoms with Crippen LogP contribution in [-0.4, -0.2) is 0 Å². The molecule has 0 saturated heterocycles. The molecule has 0 amide bonds. The van der Waals surface area contributed by atoms with Gasteiger partial charge >= 0.3 is 0 Å². The summed E-state index contributed by atoms with van der Waals surface area (Å²) in [6, 6.07) is 0. The normalized spacial score (nSPS) is 12.9. The molecule has 0 saturated carbocycles. The second kappa shape index (κ2) is 5.72. The summed E-state index contributed by atoms with van der Waals surface area (Å²) in [6.07, 6.45) is 8.76. The summed E-state index contributed by atoms with van der Waals surface area (Å²) in [5, 5.41) is 0. The van der Waals surface area contributed by atoms with E-state index in [0.29, 0.717) is 0 Å². The van der Waals surface area contributed by atoms with E-state index in [0.717, 1.165) is 12.0 Å². The first kappa shape index (κ1) is 9.96. The molecule has 0 aromatic carbocycles. The highest BCUT2D eigenvalue weighted by molar-refractivity contribution is 5.34. The molecule has 0 radical (unpaired) electrons. The molecule has 0 spiro atoms. The Morgan fingerprint density at radius 3 is 2.36 bits per heavy atom. The van der Waals surface area contributed by atoms with Gasteiger partial charge in [0.05, 0.1) is 0 Å². The van der Waals surface area contributed by atoms with E-state index in [-0.39, 0.29) is 0 Å². The second-order valence-corrected chi connectivity index (χ2v) is 2.45. The molecule has 0 heterocycles. The zero-order valence-corrected chi connectivity index (χ0v) is 7.43. The Kier molecular flexibility index (Phi) is 5.18. The quantitative estimate of drug-likeness (QED) is 0.534.